The maximum absolute atomic E-state index is 5.80. The van der Waals surface area contributed by atoms with Crippen molar-refractivity contribution in [2.75, 3.05) is 7.11 Å². The van der Waals surface area contributed by atoms with Gasteiger partial charge in [-0.2, -0.15) is 0 Å². The van der Waals surface area contributed by atoms with Gasteiger partial charge in [0.25, 0.3) is 0 Å². The Morgan fingerprint density at radius 2 is 2.11 bits per heavy atom. The van der Waals surface area contributed by atoms with Gasteiger partial charge in [0.15, 0.2) is 0 Å². The summed E-state index contributed by atoms with van der Waals surface area (Å²) in [4.78, 5) is 0. The normalized spacial score (nSPS) is 12.4. The standard InChI is InChI=1S/C15H20N2O/c1-12(16)8-14-6-7-17(11-14)10-13-4-3-5-15(9-13)18-2/h3-7,9,11-12H,8,10,16H2,1-2H3. The second kappa shape index (κ2) is 5.74. The molecule has 2 rings (SSSR count). The van der Waals surface area contributed by atoms with Crippen molar-refractivity contribution < 1.29 is 4.74 Å². The molecule has 0 amide bonds. The van der Waals surface area contributed by atoms with Crippen molar-refractivity contribution in [2.24, 2.45) is 5.73 Å². The summed E-state index contributed by atoms with van der Waals surface area (Å²) in [5, 5.41) is 0. The molecule has 3 heteroatoms. The molecule has 3 nitrogen and oxygen atoms in total. The van der Waals surface area contributed by atoms with Crippen molar-refractivity contribution in [3.63, 3.8) is 0 Å². The third kappa shape index (κ3) is 3.37. The number of methoxy groups -OCH3 is 1. The van der Waals surface area contributed by atoms with Crippen molar-refractivity contribution in [3.8, 4) is 5.75 Å². The largest absolute Gasteiger partial charge is 0.497 e. The summed E-state index contributed by atoms with van der Waals surface area (Å²) in [5.41, 5.74) is 8.32. The maximum atomic E-state index is 5.80. The van der Waals surface area contributed by atoms with Gasteiger partial charge < -0.3 is 15.0 Å². The van der Waals surface area contributed by atoms with Crippen LogP contribution in [0, 0.1) is 0 Å². The van der Waals surface area contributed by atoms with Crippen LogP contribution in [0.2, 0.25) is 0 Å². The number of aromatic nitrogens is 1. The van der Waals surface area contributed by atoms with Crippen LogP contribution in [0.1, 0.15) is 18.1 Å². The highest BCUT2D eigenvalue weighted by Crippen LogP contribution is 2.14. The van der Waals surface area contributed by atoms with E-state index in [0.717, 1.165) is 18.7 Å². The monoisotopic (exact) mass is 244 g/mol. The van der Waals surface area contributed by atoms with E-state index >= 15 is 0 Å². The molecule has 96 valence electrons. The lowest BCUT2D eigenvalue weighted by Gasteiger charge is -2.06. The van der Waals surface area contributed by atoms with Crippen LogP contribution in [0.5, 0.6) is 5.75 Å². The van der Waals surface area contributed by atoms with Crippen LogP contribution in [0.3, 0.4) is 0 Å². The molecular weight excluding hydrogens is 224 g/mol. The van der Waals surface area contributed by atoms with E-state index in [9.17, 15) is 0 Å². The molecule has 2 N–H and O–H groups in total. The van der Waals surface area contributed by atoms with Crippen LogP contribution in [-0.2, 0) is 13.0 Å². The minimum Gasteiger partial charge on any atom is -0.497 e. The van der Waals surface area contributed by atoms with Crippen LogP contribution in [-0.4, -0.2) is 17.7 Å². The van der Waals surface area contributed by atoms with E-state index in [1.807, 2.05) is 19.1 Å². The van der Waals surface area contributed by atoms with Gasteiger partial charge in [-0.25, -0.2) is 0 Å². The Balaban J connectivity index is 2.06. The molecule has 1 atom stereocenters. The average Bonchev–Trinajstić information content (AvgIpc) is 2.76. The molecule has 0 saturated heterocycles. The Morgan fingerprint density at radius 3 is 2.83 bits per heavy atom. The van der Waals surface area contributed by atoms with Gasteiger partial charge in [-0.15, -0.1) is 0 Å². The number of benzene rings is 1. The van der Waals surface area contributed by atoms with Crippen molar-refractivity contribution in [1.82, 2.24) is 4.57 Å². The van der Waals surface area contributed by atoms with Gasteiger partial charge in [0, 0.05) is 25.0 Å². The van der Waals surface area contributed by atoms with Gasteiger partial charge in [0.1, 0.15) is 5.75 Å². The summed E-state index contributed by atoms with van der Waals surface area (Å²) in [6.45, 7) is 2.88. The average molecular weight is 244 g/mol. The van der Waals surface area contributed by atoms with E-state index in [2.05, 4.69) is 35.2 Å². The Morgan fingerprint density at radius 1 is 1.28 bits per heavy atom. The molecule has 0 aliphatic rings. The Bertz CT molecular complexity index is 503. The number of rotatable bonds is 5. The Kier molecular flexibility index (Phi) is 4.05. The summed E-state index contributed by atoms with van der Waals surface area (Å²) < 4.78 is 7.40. The van der Waals surface area contributed by atoms with Gasteiger partial charge in [-0.05, 0) is 42.7 Å². The first-order valence-electron chi connectivity index (χ1n) is 6.20. The smallest absolute Gasteiger partial charge is 0.119 e. The minimum absolute atomic E-state index is 0.206. The van der Waals surface area contributed by atoms with E-state index in [1.54, 1.807) is 7.11 Å². The Hall–Kier alpha value is -1.74. The molecule has 1 heterocycles. The fourth-order valence-corrected chi connectivity index (χ4v) is 2.06. The Labute approximate surface area is 108 Å². The number of nitrogens with two attached hydrogens (primary N) is 1. The fourth-order valence-electron chi connectivity index (χ4n) is 2.06. The zero-order chi connectivity index (χ0) is 13.0. The molecule has 0 saturated carbocycles. The summed E-state index contributed by atoms with van der Waals surface area (Å²) in [5.74, 6) is 0.899. The first kappa shape index (κ1) is 12.7. The molecule has 0 spiro atoms. The maximum Gasteiger partial charge on any atom is 0.119 e. The summed E-state index contributed by atoms with van der Waals surface area (Å²) in [6, 6.07) is 10.5. The lowest BCUT2D eigenvalue weighted by atomic mass is 10.1. The predicted octanol–water partition coefficient (Wildman–Crippen LogP) is 2.43. The molecule has 2 aromatic rings. The highest BCUT2D eigenvalue weighted by Gasteiger charge is 2.02. The second-order valence-electron chi connectivity index (χ2n) is 4.73. The molecule has 0 aliphatic heterocycles. The molecule has 1 unspecified atom stereocenters. The number of hydrogen-bond donors (Lipinski definition) is 1. The summed E-state index contributed by atoms with van der Waals surface area (Å²) in [7, 11) is 1.69. The second-order valence-corrected chi connectivity index (χ2v) is 4.73. The molecule has 18 heavy (non-hydrogen) atoms. The molecule has 0 bridgehead atoms. The van der Waals surface area contributed by atoms with Gasteiger partial charge in [0.2, 0.25) is 0 Å². The summed E-state index contributed by atoms with van der Waals surface area (Å²) in [6.07, 6.45) is 5.17. The van der Waals surface area contributed by atoms with Crippen molar-refractivity contribution >= 4 is 0 Å². The van der Waals surface area contributed by atoms with Crippen LogP contribution >= 0.6 is 0 Å². The molecule has 1 aromatic carbocycles. The zero-order valence-electron chi connectivity index (χ0n) is 11.0. The van der Waals surface area contributed by atoms with Crippen LogP contribution in [0.25, 0.3) is 0 Å². The number of hydrogen-bond acceptors (Lipinski definition) is 2. The lowest BCUT2D eigenvalue weighted by molar-refractivity contribution is 0.414. The van der Waals surface area contributed by atoms with Crippen LogP contribution in [0.15, 0.2) is 42.7 Å². The number of ether oxygens (including phenoxy) is 1. The van der Waals surface area contributed by atoms with Gasteiger partial charge in [-0.3, -0.25) is 0 Å². The van der Waals surface area contributed by atoms with E-state index < -0.39 is 0 Å². The van der Waals surface area contributed by atoms with E-state index in [0.29, 0.717) is 0 Å². The lowest BCUT2D eigenvalue weighted by Crippen LogP contribution is -2.17. The quantitative estimate of drug-likeness (QED) is 0.877. The molecule has 0 fully saturated rings. The SMILES string of the molecule is COc1cccc(Cn2ccc(CC(C)N)c2)c1. The van der Waals surface area contributed by atoms with Crippen molar-refractivity contribution in [1.29, 1.82) is 0 Å². The molecule has 1 aromatic heterocycles. The first-order chi connectivity index (χ1) is 8.67. The fraction of sp³-hybridized carbons (Fsp3) is 0.333. The minimum atomic E-state index is 0.206. The molecule has 0 radical (unpaired) electrons. The highest BCUT2D eigenvalue weighted by molar-refractivity contribution is 5.29. The number of nitrogens with zero attached hydrogens (tertiary/aromatic N) is 1. The third-order valence-corrected chi connectivity index (χ3v) is 2.87. The third-order valence-electron chi connectivity index (χ3n) is 2.87. The van der Waals surface area contributed by atoms with E-state index in [4.69, 9.17) is 10.5 Å². The van der Waals surface area contributed by atoms with E-state index in [-0.39, 0.29) is 6.04 Å². The van der Waals surface area contributed by atoms with Crippen molar-refractivity contribution in [3.05, 3.63) is 53.9 Å². The van der Waals surface area contributed by atoms with Crippen LogP contribution in [0.4, 0.5) is 0 Å². The van der Waals surface area contributed by atoms with Gasteiger partial charge in [0.05, 0.1) is 7.11 Å². The van der Waals surface area contributed by atoms with Gasteiger partial charge >= 0.3 is 0 Å². The highest BCUT2D eigenvalue weighted by atomic mass is 16.5. The van der Waals surface area contributed by atoms with Crippen molar-refractivity contribution in [2.45, 2.75) is 25.9 Å². The van der Waals surface area contributed by atoms with Gasteiger partial charge in [-0.1, -0.05) is 12.1 Å². The van der Waals surface area contributed by atoms with Crippen LogP contribution < -0.4 is 10.5 Å². The topological polar surface area (TPSA) is 40.2 Å². The summed E-state index contributed by atoms with van der Waals surface area (Å²) >= 11 is 0. The predicted molar refractivity (Wildman–Crippen MR) is 73.9 cm³/mol. The van der Waals surface area contributed by atoms with E-state index in [1.165, 1.54) is 11.1 Å². The molecular formula is C15H20N2O. The zero-order valence-corrected chi connectivity index (χ0v) is 11.0. The first-order valence-corrected chi connectivity index (χ1v) is 6.20. The molecule has 0 aliphatic carbocycles.